The molecule has 31 heavy (non-hydrogen) atoms. The van der Waals surface area contributed by atoms with E-state index in [-0.39, 0.29) is 19.0 Å². The maximum absolute atomic E-state index is 14.0. The highest BCUT2D eigenvalue weighted by Crippen LogP contribution is 2.28. The van der Waals surface area contributed by atoms with Gasteiger partial charge in [0.05, 0.1) is 25.0 Å². The fraction of sp³-hybridized carbons (Fsp3) is 0.391. The average Bonchev–Trinajstić information content (AvgIpc) is 3.13. The van der Waals surface area contributed by atoms with Crippen LogP contribution in [-0.4, -0.2) is 37.6 Å². The van der Waals surface area contributed by atoms with Gasteiger partial charge in [0.15, 0.2) is 0 Å². The number of piperidine rings is 1. The number of benzene rings is 1. The number of aliphatic hydroxyl groups is 1. The summed E-state index contributed by atoms with van der Waals surface area (Å²) in [5, 5.41) is 9.70. The van der Waals surface area contributed by atoms with E-state index in [4.69, 9.17) is 16.3 Å². The Labute approximate surface area is 186 Å². The standard InChI is InChI=1S/C23H26ClFN4O2/c1-28-19(14-30)12-26-22(28)13-29-9-7-16(8-10-29)21-3-2-4-23(27-21)31-15-17-5-6-18(24)11-20(17)25/h2-6,11-12,16,30H,7-10,13-15H2,1H3. The summed E-state index contributed by atoms with van der Waals surface area (Å²) in [5.74, 6) is 1.44. The maximum atomic E-state index is 14.0. The van der Waals surface area contributed by atoms with Gasteiger partial charge in [-0.05, 0) is 44.1 Å². The zero-order valence-electron chi connectivity index (χ0n) is 17.5. The summed E-state index contributed by atoms with van der Waals surface area (Å²) in [6.07, 6.45) is 3.73. The van der Waals surface area contributed by atoms with Gasteiger partial charge in [0.1, 0.15) is 18.2 Å². The Morgan fingerprint density at radius 1 is 1.23 bits per heavy atom. The van der Waals surface area contributed by atoms with Gasteiger partial charge < -0.3 is 14.4 Å². The Bertz CT molecular complexity index is 1030. The van der Waals surface area contributed by atoms with Crippen LogP contribution >= 0.6 is 11.6 Å². The summed E-state index contributed by atoms with van der Waals surface area (Å²) in [5.41, 5.74) is 2.28. The highest BCUT2D eigenvalue weighted by atomic mass is 35.5. The molecule has 0 bridgehead atoms. The molecule has 0 saturated carbocycles. The number of likely N-dealkylation sites (tertiary alicyclic amines) is 1. The van der Waals surface area contributed by atoms with Crippen molar-refractivity contribution in [2.45, 2.75) is 38.5 Å². The number of halogens is 2. The van der Waals surface area contributed by atoms with E-state index in [0.29, 0.717) is 22.4 Å². The monoisotopic (exact) mass is 444 g/mol. The molecule has 0 aliphatic carbocycles. The Morgan fingerprint density at radius 2 is 2.03 bits per heavy atom. The van der Waals surface area contributed by atoms with Crippen LogP contribution in [0.4, 0.5) is 4.39 Å². The lowest BCUT2D eigenvalue weighted by Crippen LogP contribution is -2.33. The Balaban J connectivity index is 1.33. The van der Waals surface area contributed by atoms with E-state index in [1.165, 1.54) is 6.07 Å². The molecule has 6 nitrogen and oxygen atoms in total. The summed E-state index contributed by atoms with van der Waals surface area (Å²) < 4.78 is 21.6. The lowest BCUT2D eigenvalue weighted by Gasteiger charge is -2.31. The van der Waals surface area contributed by atoms with Crippen LogP contribution in [0.3, 0.4) is 0 Å². The lowest BCUT2D eigenvalue weighted by molar-refractivity contribution is 0.195. The summed E-state index contributed by atoms with van der Waals surface area (Å²) >= 11 is 5.80. The molecule has 1 aliphatic heterocycles. The van der Waals surface area contributed by atoms with Crippen molar-refractivity contribution in [1.82, 2.24) is 19.4 Å². The van der Waals surface area contributed by atoms with Crippen molar-refractivity contribution >= 4 is 11.6 Å². The van der Waals surface area contributed by atoms with Gasteiger partial charge in [-0.1, -0.05) is 23.7 Å². The Morgan fingerprint density at radius 3 is 2.74 bits per heavy atom. The lowest BCUT2D eigenvalue weighted by atomic mass is 9.93. The van der Waals surface area contributed by atoms with E-state index in [2.05, 4.69) is 14.9 Å². The number of hydrogen-bond donors (Lipinski definition) is 1. The molecule has 1 saturated heterocycles. The summed E-state index contributed by atoms with van der Waals surface area (Å²) in [7, 11) is 1.94. The molecule has 0 amide bonds. The van der Waals surface area contributed by atoms with Gasteiger partial charge in [0.25, 0.3) is 0 Å². The van der Waals surface area contributed by atoms with Crippen LogP contribution in [-0.2, 0) is 26.8 Å². The van der Waals surface area contributed by atoms with E-state index in [9.17, 15) is 9.50 Å². The second-order valence-corrected chi connectivity index (χ2v) is 8.29. The zero-order chi connectivity index (χ0) is 21.8. The maximum Gasteiger partial charge on any atom is 0.213 e. The molecule has 1 aliphatic rings. The third-order valence-corrected chi connectivity index (χ3v) is 6.08. The van der Waals surface area contributed by atoms with Gasteiger partial charge in [-0.2, -0.15) is 0 Å². The van der Waals surface area contributed by atoms with Gasteiger partial charge in [0.2, 0.25) is 5.88 Å². The molecular formula is C23H26ClFN4O2. The fourth-order valence-electron chi connectivity index (χ4n) is 3.90. The Kier molecular flexibility index (Phi) is 6.85. The van der Waals surface area contributed by atoms with Crippen LogP contribution < -0.4 is 4.74 Å². The highest BCUT2D eigenvalue weighted by Gasteiger charge is 2.23. The second kappa shape index (κ2) is 9.77. The first-order valence-corrected chi connectivity index (χ1v) is 10.8. The molecule has 1 N–H and O–H groups in total. The molecule has 0 atom stereocenters. The topological polar surface area (TPSA) is 63.4 Å². The molecule has 4 rings (SSSR count). The summed E-state index contributed by atoms with van der Waals surface area (Å²) in [6, 6.07) is 10.3. The van der Waals surface area contributed by atoms with E-state index < -0.39 is 0 Å². The third-order valence-electron chi connectivity index (χ3n) is 5.85. The number of hydrogen-bond acceptors (Lipinski definition) is 5. The van der Waals surface area contributed by atoms with Crippen LogP contribution in [0.25, 0.3) is 0 Å². The van der Waals surface area contributed by atoms with Crippen molar-refractivity contribution in [3.63, 3.8) is 0 Å². The minimum atomic E-state index is -0.380. The highest BCUT2D eigenvalue weighted by molar-refractivity contribution is 6.30. The average molecular weight is 445 g/mol. The van der Waals surface area contributed by atoms with Crippen LogP contribution in [0.15, 0.2) is 42.6 Å². The molecule has 164 valence electrons. The van der Waals surface area contributed by atoms with Crippen LogP contribution in [0.1, 0.15) is 41.5 Å². The SMILES string of the molecule is Cn1c(CO)cnc1CN1CCC(c2cccc(OCc3ccc(Cl)cc3F)n2)CC1. The molecule has 2 aromatic heterocycles. The van der Waals surface area contributed by atoms with Crippen LogP contribution in [0.5, 0.6) is 5.88 Å². The molecule has 1 aromatic carbocycles. The number of imidazole rings is 1. The van der Waals surface area contributed by atoms with Crippen molar-refractivity contribution in [2.75, 3.05) is 13.1 Å². The largest absolute Gasteiger partial charge is 0.473 e. The van der Waals surface area contributed by atoms with Crippen molar-refractivity contribution in [3.05, 3.63) is 76.2 Å². The number of rotatable bonds is 7. The first-order valence-electron chi connectivity index (χ1n) is 10.4. The van der Waals surface area contributed by atoms with Crippen LogP contribution in [0, 0.1) is 5.82 Å². The quantitative estimate of drug-likeness (QED) is 0.595. The molecular weight excluding hydrogens is 419 g/mol. The third kappa shape index (κ3) is 5.23. The molecule has 8 heteroatoms. The van der Waals surface area contributed by atoms with E-state index in [1.807, 2.05) is 23.7 Å². The summed E-state index contributed by atoms with van der Waals surface area (Å²) in [6.45, 7) is 2.79. The van der Waals surface area contributed by atoms with Crippen molar-refractivity contribution in [3.8, 4) is 5.88 Å². The normalized spacial score (nSPS) is 15.4. The molecule has 1 fully saturated rings. The van der Waals surface area contributed by atoms with Crippen molar-refractivity contribution in [1.29, 1.82) is 0 Å². The van der Waals surface area contributed by atoms with Crippen molar-refractivity contribution in [2.24, 2.45) is 7.05 Å². The van der Waals surface area contributed by atoms with Gasteiger partial charge >= 0.3 is 0 Å². The molecule has 0 spiro atoms. The zero-order valence-corrected chi connectivity index (χ0v) is 18.2. The number of nitrogens with zero attached hydrogens (tertiary/aromatic N) is 4. The van der Waals surface area contributed by atoms with Gasteiger partial charge in [-0.15, -0.1) is 0 Å². The minimum Gasteiger partial charge on any atom is -0.473 e. The minimum absolute atomic E-state index is 0.000312. The molecule has 0 radical (unpaired) electrons. The van der Waals surface area contributed by atoms with Gasteiger partial charge in [-0.3, -0.25) is 4.90 Å². The fourth-order valence-corrected chi connectivity index (χ4v) is 4.06. The molecule has 0 unspecified atom stereocenters. The predicted molar refractivity (Wildman–Crippen MR) is 116 cm³/mol. The second-order valence-electron chi connectivity index (χ2n) is 7.86. The molecule has 3 aromatic rings. The first-order chi connectivity index (χ1) is 15.0. The predicted octanol–water partition coefficient (Wildman–Crippen LogP) is 4.06. The number of pyridine rings is 1. The van der Waals surface area contributed by atoms with Crippen molar-refractivity contribution < 1.29 is 14.2 Å². The van der Waals surface area contributed by atoms with Gasteiger partial charge in [0, 0.05) is 35.3 Å². The first kappa shape index (κ1) is 21.7. The number of aromatic nitrogens is 3. The smallest absolute Gasteiger partial charge is 0.213 e. The number of aliphatic hydroxyl groups excluding tert-OH is 1. The number of ether oxygens (including phenoxy) is 1. The van der Waals surface area contributed by atoms with E-state index in [1.54, 1.807) is 24.4 Å². The van der Waals surface area contributed by atoms with E-state index >= 15 is 0 Å². The van der Waals surface area contributed by atoms with Gasteiger partial charge in [-0.25, -0.2) is 14.4 Å². The summed E-state index contributed by atoms with van der Waals surface area (Å²) in [4.78, 5) is 11.5. The van der Waals surface area contributed by atoms with E-state index in [0.717, 1.165) is 49.7 Å². The molecule has 3 heterocycles. The van der Waals surface area contributed by atoms with Crippen LogP contribution in [0.2, 0.25) is 5.02 Å². The Hall–Kier alpha value is -2.48.